The van der Waals surface area contributed by atoms with Gasteiger partial charge in [-0.3, -0.25) is 9.59 Å². The number of aromatic nitrogens is 2. The molecule has 3 rings (SSSR count). The lowest BCUT2D eigenvalue weighted by Gasteiger charge is -2.20. The molecule has 1 aliphatic rings. The van der Waals surface area contributed by atoms with Crippen LogP contribution in [0.4, 0.5) is 0 Å². The summed E-state index contributed by atoms with van der Waals surface area (Å²) in [4.78, 5) is 32.4. The molecule has 1 aromatic carbocycles. The third-order valence-electron chi connectivity index (χ3n) is 4.46. The Morgan fingerprint density at radius 1 is 1.23 bits per heavy atom. The lowest BCUT2D eigenvalue weighted by Crippen LogP contribution is -2.31. The van der Waals surface area contributed by atoms with Gasteiger partial charge in [0.15, 0.2) is 5.82 Å². The molecule has 0 radical (unpaired) electrons. The normalized spacial score (nSPS) is 18.4. The van der Waals surface area contributed by atoms with Gasteiger partial charge in [0, 0.05) is 18.0 Å². The van der Waals surface area contributed by atoms with Crippen molar-refractivity contribution < 1.29 is 19.1 Å². The van der Waals surface area contributed by atoms with Crippen LogP contribution >= 0.6 is 0 Å². The summed E-state index contributed by atoms with van der Waals surface area (Å²) in [5.74, 6) is 0.253. The van der Waals surface area contributed by atoms with Crippen LogP contribution in [-0.2, 0) is 14.3 Å². The molecule has 0 bridgehead atoms. The molecule has 1 saturated heterocycles. The summed E-state index contributed by atoms with van der Waals surface area (Å²) in [5.41, 5.74) is 0.643. The molecule has 30 heavy (non-hydrogen) atoms. The maximum Gasteiger partial charge on any atom is 0.307 e. The van der Waals surface area contributed by atoms with Gasteiger partial charge in [-0.1, -0.05) is 0 Å². The highest BCUT2D eigenvalue weighted by Gasteiger charge is 2.35. The van der Waals surface area contributed by atoms with Crippen LogP contribution in [0.25, 0.3) is 11.4 Å². The van der Waals surface area contributed by atoms with Gasteiger partial charge in [-0.15, -0.1) is 0 Å². The topological polar surface area (TPSA) is 114 Å². The van der Waals surface area contributed by atoms with Gasteiger partial charge in [-0.25, -0.2) is 9.97 Å². The van der Waals surface area contributed by atoms with Gasteiger partial charge in [0.2, 0.25) is 5.91 Å². The number of rotatable bonds is 6. The Morgan fingerprint density at radius 3 is 2.50 bits per heavy atom. The van der Waals surface area contributed by atoms with Gasteiger partial charge in [0.05, 0.1) is 23.9 Å². The van der Waals surface area contributed by atoms with Crippen LogP contribution in [0.15, 0.2) is 36.7 Å². The molecule has 2 atom stereocenters. The number of benzene rings is 1. The number of ether oxygens (including phenoxy) is 2. The van der Waals surface area contributed by atoms with Crippen molar-refractivity contribution in [3.63, 3.8) is 0 Å². The van der Waals surface area contributed by atoms with Gasteiger partial charge in [-0.05, 0) is 51.5 Å². The summed E-state index contributed by atoms with van der Waals surface area (Å²) in [7, 11) is 0. The van der Waals surface area contributed by atoms with Crippen LogP contribution in [0.5, 0.6) is 5.75 Å². The minimum atomic E-state index is -0.566. The fourth-order valence-corrected chi connectivity index (χ4v) is 3.13. The summed E-state index contributed by atoms with van der Waals surface area (Å²) in [5, 5.41) is 11.7. The SMILES string of the molecule is CC(C)(C)OC(=O)C[C@@H]1C[C@@H](COc2ccc(-c3ncc(C#N)cn3)cc2)NC1=O. The summed E-state index contributed by atoms with van der Waals surface area (Å²) in [6.45, 7) is 5.71. The van der Waals surface area contributed by atoms with E-state index in [1.54, 1.807) is 32.9 Å². The molecule has 156 valence electrons. The average molecular weight is 408 g/mol. The highest BCUT2D eigenvalue weighted by Crippen LogP contribution is 2.23. The predicted molar refractivity (Wildman–Crippen MR) is 108 cm³/mol. The quantitative estimate of drug-likeness (QED) is 0.731. The van der Waals surface area contributed by atoms with Crippen molar-refractivity contribution in [1.29, 1.82) is 5.26 Å². The van der Waals surface area contributed by atoms with Crippen molar-refractivity contribution in [2.24, 2.45) is 5.92 Å². The fraction of sp³-hybridized carbons (Fsp3) is 0.409. The number of carbonyl (C=O) groups is 2. The highest BCUT2D eigenvalue weighted by molar-refractivity contribution is 5.85. The number of hydrogen-bond acceptors (Lipinski definition) is 7. The first kappa shape index (κ1) is 21.2. The van der Waals surface area contributed by atoms with Crippen LogP contribution in [0, 0.1) is 17.2 Å². The second kappa shape index (κ2) is 8.91. The Labute approximate surface area is 175 Å². The second-order valence-corrected chi connectivity index (χ2v) is 8.17. The molecule has 1 aliphatic heterocycles. The number of nitrogens with zero attached hydrogens (tertiary/aromatic N) is 3. The minimum Gasteiger partial charge on any atom is -0.491 e. The fourth-order valence-electron chi connectivity index (χ4n) is 3.13. The molecule has 2 heterocycles. The van der Waals surface area contributed by atoms with Gasteiger partial charge in [-0.2, -0.15) is 5.26 Å². The zero-order chi connectivity index (χ0) is 21.7. The summed E-state index contributed by atoms with van der Waals surface area (Å²) in [6.07, 6.45) is 3.54. The molecule has 8 heteroatoms. The zero-order valence-corrected chi connectivity index (χ0v) is 17.2. The average Bonchev–Trinajstić information content (AvgIpc) is 3.04. The Bertz CT molecular complexity index is 943. The number of carbonyl (C=O) groups excluding carboxylic acids is 2. The Kier molecular flexibility index (Phi) is 6.31. The van der Waals surface area contributed by atoms with E-state index in [-0.39, 0.29) is 24.3 Å². The summed E-state index contributed by atoms with van der Waals surface area (Å²) < 4.78 is 11.1. The number of esters is 1. The summed E-state index contributed by atoms with van der Waals surface area (Å²) in [6, 6.07) is 9.08. The molecule has 1 aromatic heterocycles. The summed E-state index contributed by atoms with van der Waals surface area (Å²) >= 11 is 0. The van der Waals surface area contributed by atoms with Crippen molar-refractivity contribution in [2.75, 3.05) is 6.61 Å². The molecule has 1 N–H and O–H groups in total. The van der Waals surface area contributed by atoms with E-state index in [2.05, 4.69) is 15.3 Å². The number of nitriles is 1. The van der Waals surface area contributed by atoms with Crippen molar-refractivity contribution in [1.82, 2.24) is 15.3 Å². The number of hydrogen-bond donors (Lipinski definition) is 1. The molecule has 0 saturated carbocycles. The van der Waals surface area contributed by atoms with Crippen LogP contribution in [-0.4, -0.2) is 40.1 Å². The monoisotopic (exact) mass is 408 g/mol. The van der Waals surface area contributed by atoms with Crippen molar-refractivity contribution in [3.05, 3.63) is 42.2 Å². The Balaban J connectivity index is 1.50. The number of amides is 1. The maximum absolute atomic E-state index is 12.1. The van der Waals surface area contributed by atoms with Crippen LogP contribution < -0.4 is 10.1 Å². The van der Waals surface area contributed by atoms with E-state index in [9.17, 15) is 9.59 Å². The van der Waals surface area contributed by atoms with Crippen LogP contribution in [0.3, 0.4) is 0 Å². The van der Waals surface area contributed by atoms with E-state index in [1.807, 2.05) is 18.2 Å². The van der Waals surface area contributed by atoms with Gasteiger partial charge in [0.25, 0.3) is 0 Å². The molecule has 1 fully saturated rings. The smallest absolute Gasteiger partial charge is 0.307 e. The van der Waals surface area contributed by atoms with E-state index < -0.39 is 11.5 Å². The molecule has 8 nitrogen and oxygen atoms in total. The maximum atomic E-state index is 12.1. The molecule has 0 unspecified atom stereocenters. The second-order valence-electron chi connectivity index (χ2n) is 8.17. The standard InChI is InChI=1S/C22H24N4O4/c1-22(2,3)30-19(27)9-16-8-17(26-21(16)28)13-29-18-6-4-15(5-7-18)20-24-11-14(10-23)12-25-20/h4-7,11-12,16-17H,8-9,13H2,1-3H3,(H,26,28)/t16-,17-/m0/s1. The lowest BCUT2D eigenvalue weighted by molar-refractivity contribution is -0.156. The van der Waals surface area contributed by atoms with Crippen molar-refractivity contribution in [2.45, 2.75) is 45.3 Å². The third kappa shape index (κ3) is 5.77. The van der Waals surface area contributed by atoms with E-state index in [4.69, 9.17) is 14.7 Å². The Hall–Kier alpha value is -3.47. The minimum absolute atomic E-state index is 0.0683. The van der Waals surface area contributed by atoms with E-state index in [0.29, 0.717) is 30.2 Å². The first-order chi connectivity index (χ1) is 14.2. The van der Waals surface area contributed by atoms with E-state index in [1.165, 1.54) is 12.4 Å². The molecular formula is C22H24N4O4. The van der Waals surface area contributed by atoms with E-state index >= 15 is 0 Å². The highest BCUT2D eigenvalue weighted by atomic mass is 16.6. The van der Waals surface area contributed by atoms with E-state index in [0.717, 1.165) is 5.56 Å². The van der Waals surface area contributed by atoms with Crippen LogP contribution in [0.2, 0.25) is 0 Å². The van der Waals surface area contributed by atoms with Crippen molar-refractivity contribution >= 4 is 11.9 Å². The molecule has 0 aliphatic carbocycles. The van der Waals surface area contributed by atoms with Crippen LogP contribution in [0.1, 0.15) is 39.2 Å². The first-order valence-corrected chi connectivity index (χ1v) is 9.71. The lowest BCUT2D eigenvalue weighted by atomic mass is 10.0. The zero-order valence-electron chi connectivity index (χ0n) is 17.2. The molecule has 0 spiro atoms. The van der Waals surface area contributed by atoms with Gasteiger partial charge < -0.3 is 14.8 Å². The third-order valence-corrected chi connectivity index (χ3v) is 4.46. The predicted octanol–water partition coefficient (Wildman–Crippen LogP) is 2.63. The van der Waals surface area contributed by atoms with Crippen molar-refractivity contribution in [3.8, 4) is 23.2 Å². The van der Waals surface area contributed by atoms with Gasteiger partial charge in [0.1, 0.15) is 24.0 Å². The Morgan fingerprint density at radius 2 is 1.90 bits per heavy atom. The van der Waals surface area contributed by atoms with Gasteiger partial charge >= 0.3 is 5.97 Å². The molecule has 1 amide bonds. The first-order valence-electron chi connectivity index (χ1n) is 9.71. The molecule has 2 aromatic rings. The molecular weight excluding hydrogens is 384 g/mol. The number of nitrogens with one attached hydrogen (secondary N) is 1. The largest absolute Gasteiger partial charge is 0.491 e.